The molecule has 3 heteroatoms. The van der Waals surface area contributed by atoms with Crippen molar-refractivity contribution in [3.8, 4) is 0 Å². The first kappa shape index (κ1) is 8.34. The Morgan fingerprint density at radius 1 is 1.60 bits per heavy atom. The van der Waals surface area contributed by atoms with E-state index in [1.807, 2.05) is 0 Å². The van der Waals surface area contributed by atoms with Crippen LogP contribution < -0.4 is 0 Å². The summed E-state index contributed by atoms with van der Waals surface area (Å²) in [5.74, 6) is 0. The van der Waals surface area contributed by atoms with Crippen molar-refractivity contribution in [3.63, 3.8) is 0 Å². The molecule has 0 aromatic heterocycles. The summed E-state index contributed by atoms with van der Waals surface area (Å²) in [4.78, 5) is 2.20. The molecule has 0 amide bonds. The monoisotopic (exact) mass is 175 g/mol. The van der Waals surface area contributed by atoms with E-state index in [2.05, 4.69) is 24.5 Å². The van der Waals surface area contributed by atoms with Gasteiger partial charge < -0.3 is 4.90 Å². The van der Waals surface area contributed by atoms with Gasteiger partial charge in [0.05, 0.1) is 0 Å². The van der Waals surface area contributed by atoms with Crippen LogP contribution in [-0.2, 0) is 0 Å². The lowest BCUT2D eigenvalue weighted by molar-refractivity contribution is 0.267. The average Bonchev–Trinajstić information content (AvgIpc) is 1.88. The van der Waals surface area contributed by atoms with Crippen LogP contribution in [0, 0.1) is 0 Å². The number of hydrogen-bond donors (Lipinski definition) is 1. The van der Waals surface area contributed by atoms with E-state index in [0.29, 0.717) is 6.04 Å². The molecule has 0 spiro atoms. The maximum absolute atomic E-state index is 4.98. The first-order valence-corrected chi connectivity index (χ1v) is 4.57. The molecule has 10 heavy (non-hydrogen) atoms. The number of likely N-dealkylation sites (tertiary alicyclic amines) is 1. The number of rotatable bonds is 0. The molecule has 58 valence electrons. The molecular weight excluding hydrogens is 162 g/mol. The van der Waals surface area contributed by atoms with Crippen LogP contribution in [0.25, 0.3) is 0 Å². The molecule has 0 aromatic carbocycles. The second-order valence-electron chi connectivity index (χ2n) is 2.82. The van der Waals surface area contributed by atoms with Crippen molar-refractivity contribution in [2.75, 3.05) is 6.54 Å². The van der Waals surface area contributed by atoms with Gasteiger partial charge in [-0.05, 0) is 26.2 Å². The highest BCUT2D eigenvalue weighted by molar-refractivity contribution is 8.10. The Balaban J connectivity index is 2.47. The van der Waals surface area contributed by atoms with Crippen molar-refractivity contribution in [3.05, 3.63) is 0 Å². The third kappa shape index (κ3) is 1.86. The SMILES string of the molecule is CC1CCCCN1C(=S)S. The second-order valence-corrected chi connectivity index (χ2v) is 3.93. The smallest absolute Gasteiger partial charge is 0.133 e. The predicted molar refractivity (Wildman–Crippen MR) is 51.6 cm³/mol. The van der Waals surface area contributed by atoms with Crippen molar-refractivity contribution in [1.29, 1.82) is 0 Å². The Bertz CT molecular complexity index is 136. The lowest BCUT2D eigenvalue weighted by Gasteiger charge is -2.33. The van der Waals surface area contributed by atoms with Gasteiger partial charge in [-0.2, -0.15) is 0 Å². The number of hydrogen-bond acceptors (Lipinski definition) is 1. The van der Waals surface area contributed by atoms with E-state index in [-0.39, 0.29) is 0 Å². The fraction of sp³-hybridized carbons (Fsp3) is 0.857. The fourth-order valence-electron chi connectivity index (χ4n) is 1.38. The number of nitrogens with zero attached hydrogens (tertiary/aromatic N) is 1. The maximum atomic E-state index is 4.98. The van der Waals surface area contributed by atoms with E-state index < -0.39 is 0 Å². The van der Waals surface area contributed by atoms with Crippen LogP contribution in [0.3, 0.4) is 0 Å². The molecule has 0 radical (unpaired) electrons. The second kappa shape index (κ2) is 3.58. The summed E-state index contributed by atoms with van der Waals surface area (Å²) in [7, 11) is 0. The van der Waals surface area contributed by atoms with E-state index in [0.717, 1.165) is 10.9 Å². The average molecular weight is 175 g/mol. The minimum atomic E-state index is 0.610. The zero-order valence-electron chi connectivity index (χ0n) is 6.21. The molecule has 1 aliphatic heterocycles. The molecule has 1 heterocycles. The maximum Gasteiger partial charge on any atom is 0.133 e. The Hall–Kier alpha value is 0.240. The van der Waals surface area contributed by atoms with Gasteiger partial charge in [-0.3, -0.25) is 0 Å². The molecule has 1 rings (SSSR count). The van der Waals surface area contributed by atoms with Gasteiger partial charge in [-0.1, -0.05) is 12.2 Å². The molecular formula is C7H13NS2. The lowest BCUT2D eigenvalue weighted by Crippen LogP contribution is -2.38. The Morgan fingerprint density at radius 3 is 2.70 bits per heavy atom. The third-order valence-electron chi connectivity index (χ3n) is 2.05. The normalized spacial score (nSPS) is 26.6. The molecule has 0 aromatic rings. The highest BCUT2D eigenvalue weighted by Gasteiger charge is 2.17. The Labute approximate surface area is 73.2 Å². The Kier molecular flexibility index (Phi) is 2.98. The summed E-state index contributed by atoms with van der Waals surface area (Å²) in [5, 5.41) is 0. The van der Waals surface area contributed by atoms with Gasteiger partial charge in [0.1, 0.15) is 4.32 Å². The van der Waals surface area contributed by atoms with Crippen molar-refractivity contribution >= 4 is 29.2 Å². The van der Waals surface area contributed by atoms with Crippen molar-refractivity contribution in [2.24, 2.45) is 0 Å². The standard InChI is InChI=1S/C7H13NS2/c1-6-4-2-3-5-8(6)7(9)10/h6H,2-5H2,1H3,(H,9,10). The van der Waals surface area contributed by atoms with E-state index in [1.165, 1.54) is 19.3 Å². The summed E-state index contributed by atoms with van der Waals surface area (Å²) in [6.45, 7) is 3.31. The molecule has 0 saturated carbocycles. The van der Waals surface area contributed by atoms with Crippen LogP contribution in [0.1, 0.15) is 26.2 Å². The summed E-state index contributed by atoms with van der Waals surface area (Å²) in [6.07, 6.45) is 3.87. The van der Waals surface area contributed by atoms with Crippen LogP contribution in [0.4, 0.5) is 0 Å². The lowest BCUT2D eigenvalue weighted by atomic mass is 10.1. The molecule has 1 atom stereocenters. The van der Waals surface area contributed by atoms with Gasteiger partial charge in [0.15, 0.2) is 0 Å². The van der Waals surface area contributed by atoms with Crippen LogP contribution in [-0.4, -0.2) is 21.8 Å². The molecule has 1 saturated heterocycles. The number of piperidine rings is 1. The first-order chi connectivity index (χ1) is 4.72. The molecule has 0 bridgehead atoms. The van der Waals surface area contributed by atoms with Gasteiger partial charge in [0, 0.05) is 12.6 Å². The van der Waals surface area contributed by atoms with Crippen molar-refractivity contribution in [1.82, 2.24) is 4.90 Å². The van der Waals surface area contributed by atoms with Gasteiger partial charge in [0.25, 0.3) is 0 Å². The quantitative estimate of drug-likeness (QED) is 0.443. The van der Waals surface area contributed by atoms with Crippen LogP contribution in [0.2, 0.25) is 0 Å². The molecule has 0 N–H and O–H groups in total. The molecule has 1 unspecified atom stereocenters. The van der Waals surface area contributed by atoms with Crippen molar-refractivity contribution in [2.45, 2.75) is 32.2 Å². The highest BCUT2D eigenvalue weighted by atomic mass is 32.1. The van der Waals surface area contributed by atoms with E-state index in [4.69, 9.17) is 12.2 Å². The molecule has 1 fully saturated rings. The summed E-state index contributed by atoms with van der Waals surface area (Å²) < 4.78 is 0.757. The summed E-state index contributed by atoms with van der Waals surface area (Å²) in [5.41, 5.74) is 0. The third-order valence-corrected chi connectivity index (χ3v) is 2.54. The molecule has 1 aliphatic rings. The molecule has 0 aliphatic carbocycles. The van der Waals surface area contributed by atoms with E-state index in [1.54, 1.807) is 0 Å². The fourth-order valence-corrected chi connectivity index (χ4v) is 1.95. The predicted octanol–water partition coefficient (Wildman–Crippen LogP) is 2.08. The minimum Gasteiger partial charge on any atom is -0.355 e. The van der Waals surface area contributed by atoms with Gasteiger partial charge >= 0.3 is 0 Å². The zero-order valence-corrected chi connectivity index (χ0v) is 7.92. The van der Waals surface area contributed by atoms with E-state index in [9.17, 15) is 0 Å². The topological polar surface area (TPSA) is 3.24 Å². The highest BCUT2D eigenvalue weighted by Crippen LogP contribution is 2.17. The number of thiol groups is 1. The summed E-state index contributed by atoms with van der Waals surface area (Å²) >= 11 is 9.14. The van der Waals surface area contributed by atoms with Crippen LogP contribution in [0.15, 0.2) is 0 Å². The van der Waals surface area contributed by atoms with Gasteiger partial charge in [-0.25, -0.2) is 0 Å². The Morgan fingerprint density at radius 2 is 2.30 bits per heavy atom. The van der Waals surface area contributed by atoms with Gasteiger partial charge in [0.2, 0.25) is 0 Å². The minimum absolute atomic E-state index is 0.610. The van der Waals surface area contributed by atoms with Crippen molar-refractivity contribution < 1.29 is 0 Å². The zero-order chi connectivity index (χ0) is 7.56. The van der Waals surface area contributed by atoms with Crippen LogP contribution >= 0.6 is 24.8 Å². The molecule has 1 nitrogen and oxygen atoms in total. The summed E-state index contributed by atoms with van der Waals surface area (Å²) in [6, 6.07) is 0.610. The number of thiocarbonyl (C=S) groups is 1. The van der Waals surface area contributed by atoms with E-state index >= 15 is 0 Å². The first-order valence-electron chi connectivity index (χ1n) is 3.71. The van der Waals surface area contributed by atoms with Gasteiger partial charge in [-0.15, -0.1) is 12.6 Å². The largest absolute Gasteiger partial charge is 0.355 e. The van der Waals surface area contributed by atoms with Crippen LogP contribution in [0.5, 0.6) is 0 Å².